The van der Waals surface area contributed by atoms with Gasteiger partial charge in [-0.25, -0.2) is 0 Å². The summed E-state index contributed by atoms with van der Waals surface area (Å²) in [6.07, 6.45) is 0. The van der Waals surface area contributed by atoms with E-state index in [4.69, 9.17) is 4.74 Å². The van der Waals surface area contributed by atoms with Crippen LogP contribution in [0.3, 0.4) is 0 Å². The molecule has 0 spiro atoms. The van der Waals surface area contributed by atoms with E-state index in [1.165, 1.54) is 11.1 Å². The minimum Gasteiger partial charge on any atom is -0.492 e. The third-order valence-electron chi connectivity index (χ3n) is 2.86. The van der Waals surface area contributed by atoms with E-state index in [9.17, 15) is 0 Å². The van der Waals surface area contributed by atoms with E-state index in [0.29, 0.717) is 5.92 Å². The van der Waals surface area contributed by atoms with E-state index >= 15 is 0 Å². The van der Waals surface area contributed by atoms with Gasteiger partial charge in [-0.15, -0.1) is 0 Å². The fraction of sp³-hybridized carbons (Fsp3) is 0.538. The zero-order valence-corrected chi connectivity index (χ0v) is 9.42. The lowest BCUT2D eigenvalue weighted by atomic mass is 9.84. The van der Waals surface area contributed by atoms with E-state index < -0.39 is 0 Å². The molecule has 0 N–H and O–H groups in total. The fourth-order valence-electron chi connectivity index (χ4n) is 1.99. The number of hydrogen-bond donors (Lipinski definition) is 0. The summed E-state index contributed by atoms with van der Waals surface area (Å²) in [5, 5.41) is 0. The van der Waals surface area contributed by atoms with Crippen LogP contribution in [0, 0.1) is 0 Å². The van der Waals surface area contributed by atoms with Crippen molar-refractivity contribution in [1.82, 2.24) is 0 Å². The third kappa shape index (κ3) is 1.41. The fourth-order valence-corrected chi connectivity index (χ4v) is 1.99. The molecule has 0 radical (unpaired) electrons. The Kier molecular flexibility index (Phi) is 2.06. The normalized spacial score (nSPS) is 20.4. The lowest BCUT2D eigenvalue weighted by molar-refractivity contribution is 0.329. The molecule has 1 heterocycles. The van der Waals surface area contributed by atoms with Crippen molar-refractivity contribution in [1.29, 1.82) is 0 Å². The number of para-hydroxylation sites is 1. The molecule has 2 rings (SSSR count). The van der Waals surface area contributed by atoms with Crippen molar-refractivity contribution < 1.29 is 4.74 Å². The molecule has 0 bridgehead atoms. The lowest BCUT2D eigenvalue weighted by Gasteiger charge is -2.21. The monoisotopic (exact) mass is 190 g/mol. The Bertz CT molecular complexity index is 347. The summed E-state index contributed by atoms with van der Waals surface area (Å²) in [4.78, 5) is 0. The average molecular weight is 190 g/mol. The molecule has 1 heteroatoms. The van der Waals surface area contributed by atoms with Crippen molar-refractivity contribution in [3.8, 4) is 5.75 Å². The molecule has 0 saturated heterocycles. The molecule has 1 aliphatic rings. The molecule has 1 nitrogen and oxygen atoms in total. The van der Waals surface area contributed by atoms with E-state index in [1.807, 2.05) is 0 Å². The van der Waals surface area contributed by atoms with Gasteiger partial charge in [0.25, 0.3) is 0 Å². The highest BCUT2D eigenvalue weighted by Gasteiger charge is 2.27. The van der Waals surface area contributed by atoms with Crippen LogP contribution in [-0.2, 0) is 5.41 Å². The average Bonchev–Trinajstić information content (AvgIpc) is 2.46. The summed E-state index contributed by atoms with van der Waals surface area (Å²) < 4.78 is 5.77. The molecule has 76 valence electrons. The second kappa shape index (κ2) is 3.01. The Labute approximate surface area is 86.1 Å². The van der Waals surface area contributed by atoms with Crippen molar-refractivity contribution in [3.05, 3.63) is 29.3 Å². The molecular weight excluding hydrogens is 172 g/mol. The Hall–Kier alpha value is -0.980. The molecule has 14 heavy (non-hydrogen) atoms. The van der Waals surface area contributed by atoms with Crippen LogP contribution in [0.1, 0.15) is 44.7 Å². The molecule has 0 aromatic heterocycles. The van der Waals surface area contributed by atoms with Gasteiger partial charge in [0.1, 0.15) is 5.75 Å². The number of benzene rings is 1. The first-order valence-corrected chi connectivity index (χ1v) is 5.26. The molecule has 1 aromatic carbocycles. The first-order valence-electron chi connectivity index (χ1n) is 5.26. The summed E-state index contributed by atoms with van der Waals surface area (Å²) in [5.74, 6) is 1.68. The standard InChI is InChI=1S/C13H18O/c1-9-8-14-12-10(9)6-5-7-11(12)13(2,3)4/h5-7,9H,8H2,1-4H3. The highest BCUT2D eigenvalue weighted by atomic mass is 16.5. The first kappa shape index (κ1) is 9.57. The highest BCUT2D eigenvalue weighted by molar-refractivity contribution is 5.48. The molecular formula is C13H18O. The van der Waals surface area contributed by atoms with Gasteiger partial charge in [0, 0.05) is 11.5 Å². The molecule has 1 atom stereocenters. The lowest BCUT2D eigenvalue weighted by Crippen LogP contribution is -2.12. The Morgan fingerprint density at radius 1 is 1.29 bits per heavy atom. The Morgan fingerprint density at radius 2 is 2.00 bits per heavy atom. The molecule has 0 aliphatic carbocycles. The number of rotatable bonds is 0. The van der Waals surface area contributed by atoms with Gasteiger partial charge in [-0.05, 0) is 11.0 Å². The molecule has 1 unspecified atom stereocenters. The Morgan fingerprint density at radius 3 is 2.64 bits per heavy atom. The predicted molar refractivity (Wildman–Crippen MR) is 59.1 cm³/mol. The summed E-state index contributed by atoms with van der Waals surface area (Å²) in [7, 11) is 0. The predicted octanol–water partition coefficient (Wildman–Crippen LogP) is 3.48. The number of fused-ring (bicyclic) bond motifs is 1. The van der Waals surface area contributed by atoms with Crippen LogP contribution < -0.4 is 4.74 Å². The second-order valence-electron chi connectivity index (χ2n) is 5.19. The van der Waals surface area contributed by atoms with E-state index in [-0.39, 0.29) is 5.41 Å². The zero-order chi connectivity index (χ0) is 10.3. The van der Waals surface area contributed by atoms with Gasteiger partial charge >= 0.3 is 0 Å². The molecule has 0 amide bonds. The number of ether oxygens (including phenoxy) is 1. The SMILES string of the molecule is CC1COc2c1cccc2C(C)(C)C. The van der Waals surface area contributed by atoms with Crippen molar-refractivity contribution in [2.45, 2.75) is 39.0 Å². The van der Waals surface area contributed by atoms with Crippen molar-refractivity contribution >= 4 is 0 Å². The van der Waals surface area contributed by atoms with Gasteiger partial charge in [0.15, 0.2) is 0 Å². The minimum absolute atomic E-state index is 0.176. The smallest absolute Gasteiger partial charge is 0.126 e. The quantitative estimate of drug-likeness (QED) is 0.608. The second-order valence-corrected chi connectivity index (χ2v) is 5.19. The largest absolute Gasteiger partial charge is 0.492 e. The maximum atomic E-state index is 5.77. The van der Waals surface area contributed by atoms with Crippen LogP contribution >= 0.6 is 0 Å². The van der Waals surface area contributed by atoms with E-state index in [2.05, 4.69) is 45.9 Å². The van der Waals surface area contributed by atoms with Gasteiger partial charge in [0.2, 0.25) is 0 Å². The molecule has 1 aromatic rings. The minimum atomic E-state index is 0.176. The maximum absolute atomic E-state index is 5.77. The summed E-state index contributed by atoms with van der Waals surface area (Å²) in [6, 6.07) is 6.50. The van der Waals surface area contributed by atoms with Crippen molar-refractivity contribution in [3.63, 3.8) is 0 Å². The molecule has 0 saturated carbocycles. The van der Waals surface area contributed by atoms with Crippen molar-refractivity contribution in [2.75, 3.05) is 6.61 Å². The van der Waals surface area contributed by atoms with Gasteiger partial charge in [-0.1, -0.05) is 45.9 Å². The summed E-state index contributed by atoms with van der Waals surface area (Å²) in [5.41, 5.74) is 2.88. The van der Waals surface area contributed by atoms with Crippen LogP contribution in [0.4, 0.5) is 0 Å². The highest BCUT2D eigenvalue weighted by Crippen LogP contribution is 2.41. The third-order valence-corrected chi connectivity index (χ3v) is 2.86. The number of hydrogen-bond acceptors (Lipinski definition) is 1. The molecule has 0 fully saturated rings. The van der Waals surface area contributed by atoms with Crippen LogP contribution in [0.5, 0.6) is 5.75 Å². The maximum Gasteiger partial charge on any atom is 0.126 e. The molecule has 1 aliphatic heterocycles. The van der Waals surface area contributed by atoms with Crippen LogP contribution in [0.15, 0.2) is 18.2 Å². The summed E-state index contributed by atoms with van der Waals surface area (Å²) in [6.45, 7) is 9.75. The van der Waals surface area contributed by atoms with E-state index in [0.717, 1.165) is 12.4 Å². The van der Waals surface area contributed by atoms with Gasteiger partial charge in [0.05, 0.1) is 6.61 Å². The topological polar surface area (TPSA) is 9.23 Å². The van der Waals surface area contributed by atoms with Crippen LogP contribution in [0.25, 0.3) is 0 Å². The van der Waals surface area contributed by atoms with Gasteiger partial charge in [-0.2, -0.15) is 0 Å². The summed E-state index contributed by atoms with van der Waals surface area (Å²) >= 11 is 0. The van der Waals surface area contributed by atoms with Gasteiger partial charge < -0.3 is 4.74 Å². The van der Waals surface area contributed by atoms with Crippen molar-refractivity contribution in [2.24, 2.45) is 0 Å². The van der Waals surface area contributed by atoms with Crippen LogP contribution in [-0.4, -0.2) is 6.61 Å². The Balaban J connectivity index is 2.55. The first-order chi connectivity index (χ1) is 6.50. The van der Waals surface area contributed by atoms with Gasteiger partial charge in [-0.3, -0.25) is 0 Å². The van der Waals surface area contributed by atoms with Crippen LogP contribution in [0.2, 0.25) is 0 Å². The zero-order valence-electron chi connectivity index (χ0n) is 9.42. The van der Waals surface area contributed by atoms with E-state index in [1.54, 1.807) is 0 Å².